The van der Waals surface area contributed by atoms with Gasteiger partial charge in [0.05, 0.1) is 4.92 Å². The zero-order chi connectivity index (χ0) is 13.5. The average Bonchev–Trinajstić information content (AvgIpc) is 2.77. The minimum absolute atomic E-state index is 0.214. The number of nitro groups is 1. The predicted octanol–water partition coefficient (Wildman–Crippen LogP) is 2.48. The van der Waals surface area contributed by atoms with Gasteiger partial charge in [0.2, 0.25) is 0 Å². The van der Waals surface area contributed by atoms with Crippen molar-refractivity contribution in [3.63, 3.8) is 0 Å². The molecule has 1 rings (SSSR count). The van der Waals surface area contributed by atoms with Gasteiger partial charge in [-0.15, -0.1) is 0 Å². The molecule has 0 radical (unpaired) electrons. The number of nitrogens with one attached hydrogen (secondary N) is 1. The molecule has 5 nitrogen and oxygen atoms in total. The number of nitrogens with zero attached hydrogens (tertiary/aromatic N) is 2. The van der Waals surface area contributed by atoms with E-state index in [9.17, 15) is 10.1 Å². The third-order valence-corrected chi connectivity index (χ3v) is 3.91. The molecule has 0 aliphatic heterocycles. The molecule has 0 aliphatic carbocycles. The molecule has 1 aromatic heterocycles. The Morgan fingerprint density at radius 2 is 2.22 bits per heavy atom. The average molecular weight is 271 g/mol. The first-order chi connectivity index (χ1) is 8.50. The highest BCUT2D eigenvalue weighted by molar-refractivity contribution is 7.15. The third-order valence-electron chi connectivity index (χ3n) is 2.87. The summed E-state index contributed by atoms with van der Waals surface area (Å²) >= 11 is 1.24. The molecule has 1 N–H and O–H groups in total. The fourth-order valence-electron chi connectivity index (χ4n) is 1.48. The summed E-state index contributed by atoms with van der Waals surface area (Å²) in [7, 11) is 2.12. The van der Waals surface area contributed by atoms with Crippen LogP contribution in [0.5, 0.6) is 0 Å². The maximum Gasteiger partial charge on any atom is 0.324 e. The van der Waals surface area contributed by atoms with Gasteiger partial charge >= 0.3 is 5.00 Å². The predicted molar refractivity (Wildman–Crippen MR) is 75.1 cm³/mol. The van der Waals surface area contributed by atoms with Gasteiger partial charge in [-0.2, -0.15) is 0 Å². The molecule has 0 spiro atoms. The molecule has 18 heavy (non-hydrogen) atoms. The molecule has 0 amide bonds. The minimum atomic E-state index is -0.342. The second-order valence-corrected chi connectivity index (χ2v) is 5.75. The Balaban J connectivity index is 2.16. The molecular formula is C12H21N3O2S. The van der Waals surface area contributed by atoms with Crippen LogP contribution in [0.25, 0.3) is 0 Å². The second-order valence-electron chi connectivity index (χ2n) is 4.60. The van der Waals surface area contributed by atoms with E-state index in [0.717, 1.165) is 24.4 Å². The van der Waals surface area contributed by atoms with Crippen LogP contribution in [0.2, 0.25) is 0 Å². The van der Waals surface area contributed by atoms with E-state index < -0.39 is 0 Å². The lowest BCUT2D eigenvalue weighted by Crippen LogP contribution is -2.29. The number of rotatable bonds is 8. The zero-order valence-electron chi connectivity index (χ0n) is 11.2. The summed E-state index contributed by atoms with van der Waals surface area (Å²) in [5, 5.41) is 14.0. The van der Waals surface area contributed by atoms with Gasteiger partial charge in [-0.1, -0.05) is 11.3 Å². The van der Waals surface area contributed by atoms with Gasteiger partial charge in [0.15, 0.2) is 0 Å². The summed E-state index contributed by atoms with van der Waals surface area (Å²) in [6.07, 6.45) is 1.09. The van der Waals surface area contributed by atoms with Crippen molar-refractivity contribution in [2.75, 3.05) is 20.1 Å². The molecule has 0 fully saturated rings. The van der Waals surface area contributed by atoms with Gasteiger partial charge in [0.1, 0.15) is 0 Å². The monoisotopic (exact) mass is 271 g/mol. The van der Waals surface area contributed by atoms with Crippen molar-refractivity contribution in [3.05, 3.63) is 27.1 Å². The third kappa shape index (κ3) is 5.12. The largest absolute Gasteiger partial charge is 0.324 e. The maximum atomic E-state index is 10.5. The summed E-state index contributed by atoms with van der Waals surface area (Å²) in [6.45, 7) is 7.07. The van der Waals surface area contributed by atoms with Crippen molar-refractivity contribution < 1.29 is 4.92 Å². The lowest BCUT2D eigenvalue weighted by molar-refractivity contribution is -0.380. The summed E-state index contributed by atoms with van der Waals surface area (Å²) in [5.41, 5.74) is 0. The molecule has 1 aromatic rings. The van der Waals surface area contributed by atoms with Crippen LogP contribution < -0.4 is 5.32 Å². The fourth-order valence-corrected chi connectivity index (χ4v) is 2.27. The van der Waals surface area contributed by atoms with Gasteiger partial charge < -0.3 is 10.2 Å². The molecule has 0 atom stereocenters. The Morgan fingerprint density at radius 3 is 2.78 bits per heavy atom. The summed E-state index contributed by atoms with van der Waals surface area (Å²) < 4.78 is 0. The Bertz CT molecular complexity index is 379. The SMILES string of the molecule is CC(C)N(C)CCCNCc1ccc([N+](=O)[O-])s1. The van der Waals surface area contributed by atoms with Crippen molar-refractivity contribution in [3.8, 4) is 0 Å². The van der Waals surface area contributed by atoms with Crippen LogP contribution in [0.15, 0.2) is 12.1 Å². The van der Waals surface area contributed by atoms with Crippen LogP contribution in [-0.4, -0.2) is 36.0 Å². The summed E-state index contributed by atoms with van der Waals surface area (Å²) in [6, 6.07) is 3.95. The standard InChI is InChI=1S/C12H21N3O2S/c1-10(2)14(3)8-4-7-13-9-11-5-6-12(18-11)15(16)17/h5-6,10,13H,4,7-9H2,1-3H3. The number of thiophene rings is 1. The van der Waals surface area contributed by atoms with Crippen LogP contribution in [0.3, 0.4) is 0 Å². The van der Waals surface area contributed by atoms with Crippen molar-refractivity contribution in [2.45, 2.75) is 32.9 Å². The first-order valence-electron chi connectivity index (χ1n) is 6.14. The number of hydrogen-bond acceptors (Lipinski definition) is 5. The lowest BCUT2D eigenvalue weighted by atomic mass is 10.3. The minimum Gasteiger partial charge on any atom is -0.312 e. The first-order valence-corrected chi connectivity index (χ1v) is 6.96. The number of hydrogen-bond donors (Lipinski definition) is 1. The Morgan fingerprint density at radius 1 is 1.50 bits per heavy atom. The smallest absolute Gasteiger partial charge is 0.312 e. The highest BCUT2D eigenvalue weighted by Crippen LogP contribution is 2.23. The van der Waals surface area contributed by atoms with Crippen molar-refractivity contribution >= 4 is 16.3 Å². The molecule has 0 bridgehead atoms. The van der Waals surface area contributed by atoms with Gasteiger partial charge in [-0.3, -0.25) is 10.1 Å². The van der Waals surface area contributed by atoms with Crippen LogP contribution in [0.1, 0.15) is 25.1 Å². The zero-order valence-corrected chi connectivity index (χ0v) is 12.0. The molecular weight excluding hydrogens is 250 g/mol. The van der Waals surface area contributed by atoms with E-state index in [1.54, 1.807) is 6.07 Å². The van der Waals surface area contributed by atoms with Gasteiger partial charge in [0, 0.05) is 23.5 Å². The lowest BCUT2D eigenvalue weighted by Gasteiger charge is -2.20. The molecule has 0 aromatic carbocycles. The molecule has 6 heteroatoms. The van der Waals surface area contributed by atoms with E-state index >= 15 is 0 Å². The van der Waals surface area contributed by atoms with Gasteiger partial charge in [0.25, 0.3) is 0 Å². The fraction of sp³-hybridized carbons (Fsp3) is 0.667. The summed E-state index contributed by atoms with van der Waals surface area (Å²) in [5.74, 6) is 0. The topological polar surface area (TPSA) is 58.4 Å². The summed E-state index contributed by atoms with van der Waals surface area (Å²) in [4.78, 5) is 13.5. The molecule has 0 saturated heterocycles. The Hall–Kier alpha value is -0.980. The molecule has 102 valence electrons. The molecule has 1 heterocycles. The molecule has 0 saturated carbocycles. The normalized spacial score (nSPS) is 11.4. The van der Waals surface area contributed by atoms with Crippen LogP contribution in [0.4, 0.5) is 5.00 Å². The van der Waals surface area contributed by atoms with Crippen molar-refractivity contribution in [1.29, 1.82) is 0 Å². The van der Waals surface area contributed by atoms with E-state index in [4.69, 9.17) is 0 Å². The van der Waals surface area contributed by atoms with Crippen LogP contribution in [-0.2, 0) is 6.54 Å². The van der Waals surface area contributed by atoms with Crippen molar-refractivity contribution in [1.82, 2.24) is 10.2 Å². The molecule has 0 unspecified atom stereocenters. The van der Waals surface area contributed by atoms with E-state index in [1.807, 2.05) is 6.07 Å². The Labute approximate surface area is 112 Å². The van der Waals surface area contributed by atoms with Crippen LogP contribution >= 0.6 is 11.3 Å². The quantitative estimate of drug-likeness (QED) is 0.448. The Kier molecular flexibility index (Phi) is 6.24. The highest BCUT2D eigenvalue weighted by Gasteiger charge is 2.09. The first kappa shape index (κ1) is 15.1. The second kappa shape index (κ2) is 7.45. The van der Waals surface area contributed by atoms with E-state index in [0.29, 0.717) is 12.6 Å². The van der Waals surface area contributed by atoms with E-state index in [1.165, 1.54) is 11.3 Å². The molecule has 0 aliphatic rings. The van der Waals surface area contributed by atoms with Gasteiger partial charge in [-0.05, 0) is 46.5 Å². The van der Waals surface area contributed by atoms with E-state index in [-0.39, 0.29) is 9.92 Å². The maximum absolute atomic E-state index is 10.5. The van der Waals surface area contributed by atoms with Crippen molar-refractivity contribution in [2.24, 2.45) is 0 Å². The van der Waals surface area contributed by atoms with Crippen LogP contribution in [0, 0.1) is 10.1 Å². The van der Waals surface area contributed by atoms with E-state index in [2.05, 4.69) is 31.1 Å². The van der Waals surface area contributed by atoms with Gasteiger partial charge in [-0.25, -0.2) is 0 Å². The highest BCUT2D eigenvalue weighted by atomic mass is 32.1.